The zero-order valence-electron chi connectivity index (χ0n) is 47.6. The molecule has 0 spiro atoms. The van der Waals surface area contributed by atoms with Gasteiger partial charge in [0, 0.05) is 41.1 Å². The molecule has 2 aliphatic rings. The molecule has 15 heteroatoms. The lowest BCUT2D eigenvalue weighted by Crippen LogP contribution is -2.34. The highest BCUT2D eigenvalue weighted by molar-refractivity contribution is 7.09. The molecule has 11 N–H and O–H groups in total. The zero-order chi connectivity index (χ0) is 57.8. The molecular formula is C64H92ClN5O8S. The summed E-state index contributed by atoms with van der Waals surface area (Å²) in [5, 5.41) is 35.0. The number of benzene rings is 4. The molecule has 1 saturated carbocycles. The van der Waals surface area contributed by atoms with Gasteiger partial charge < -0.3 is 52.6 Å². The number of hydrogen-bond acceptors (Lipinski definition) is 11. The average molecular weight is 1130 g/mol. The van der Waals surface area contributed by atoms with Crippen molar-refractivity contribution in [2.75, 3.05) is 46.8 Å². The van der Waals surface area contributed by atoms with Gasteiger partial charge in [0.05, 0.1) is 6.42 Å². The second-order valence-corrected chi connectivity index (χ2v) is 22.4. The van der Waals surface area contributed by atoms with Crippen molar-refractivity contribution in [3.05, 3.63) is 164 Å². The van der Waals surface area contributed by atoms with Crippen molar-refractivity contribution >= 4 is 40.8 Å². The molecule has 5 aromatic rings. The fourth-order valence-electron chi connectivity index (χ4n) is 9.68. The van der Waals surface area contributed by atoms with Gasteiger partial charge in [-0.05, 0) is 180 Å². The topological polar surface area (TPSA) is 232 Å². The Labute approximate surface area is 480 Å². The number of thiophene rings is 1. The minimum Gasteiger partial charge on any atom is -0.490 e. The number of carboxylic acid groups (broad SMARTS) is 3. The van der Waals surface area contributed by atoms with Crippen LogP contribution in [0.5, 0.6) is 11.5 Å². The minimum atomic E-state index is -0.789. The lowest BCUT2D eigenvalue weighted by molar-refractivity contribution is -0.140. The van der Waals surface area contributed by atoms with Crippen LogP contribution < -0.4 is 37.3 Å². The van der Waals surface area contributed by atoms with Gasteiger partial charge in [0.25, 0.3) is 0 Å². The number of aliphatic carboxylic acids is 3. The largest absolute Gasteiger partial charge is 0.490 e. The van der Waals surface area contributed by atoms with Crippen LogP contribution in [0.1, 0.15) is 136 Å². The quantitative estimate of drug-likeness (QED) is 0.0241. The molecule has 1 unspecified atom stereocenters. The Morgan fingerprint density at radius 1 is 0.696 bits per heavy atom. The fourth-order valence-corrected chi connectivity index (χ4v) is 10.6. The molecular weight excluding hydrogens is 1030 g/mol. The molecule has 1 aromatic heterocycles. The van der Waals surface area contributed by atoms with Crippen molar-refractivity contribution in [3.8, 4) is 11.5 Å². The molecule has 13 nitrogen and oxygen atoms in total. The highest BCUT2D eigenvalue weighted by Gasteiger charge is 2.32. The Hall–Kier alpha value is -5.58. The lowest BCUT2D eigenvalue weighted by atomic mass is 9.72. The van der Waals surface area contributed by atoms with E-state index in [1.165, 1.54) is 33.6 Å². The van der Waals surface area contributed by atoms with Crippen molar-refractivity contribution in [2.45, 2.75) is 135 Å². The summed E-state index contributed by atoms with van der Waals surface area (Å²) < 4.78 is 12.6. The lowest BCUT2D eigenvalue weighted by Gasteiger charge is -2.34. The molecule has 434 valence electrons. The predicted octanol–water partition coefficient (Wildman–Crippen LogP) is 12.4. The van der Waals surface area contributed by atoms with Gasteiger partial charge in [0.2, 0.25) is 0 Å². The van der Waals surface area contributed by atoms with Crippen LogP contribution in [0.3, 0.4) is 0 Å². The number of halogens is 1. The first-order valence-electron chi connectivity index (χ1n) is 28.1. The first kappa shape index (κ1) is 67.7. The summed E-state index contributed by atoms with van der Waals surface area (Å²) in [5.74, 6) is 0.562. The number of hydrogen-bond donors (Lipinski definition) is 8. The number of aryl methyl sites for hydroxylation is 1. The maximum atomic E-state index is 10.6. The Kier molecular flexibility index (Phi) is 33.4. The van der Waals surface area contributed by atoms with E-state index >= 15 is 0 Å². The van der Waals surface area contributed by atoms with E-state index in [1.54, 1.807) is 12.1 Å². The number of carbonyl (C=O) groups is 3. The molecule has 0 radical (unpaired) electrons. The van der Waals surface area contributed by atoms with Crippen LogP contribution in [-0.2, 0) is 33.6 Å². The Bertz CT molecular complexity index is 2470. The summed E-state index contributed by atoms with van der Waals surface area (Å²) in [6, 6.07) is 36.7. The van der Waals surface area contributed by atoms with E-state index in [2.05, 4.69) is 110 Å². The molecule has 4 aromatic carbocycles. The highest BCUT2D eigenvalue weighted by atomic mass is 35.5. The third-order valence-electron chi connectivity index (χ3n) is 14.1. The van der Waals surface area contributed by atoms with Gasteiger partial charge in [0.15, 0.2) is 0 Å². The SMILES string of the molecule is CC(C)C[C@H](CN)CC(=O)O.CNCCC(Cc1cccs1)Oc1cccc2c1CC=CC2.CNCC[C@@H](Oc1ccccc1C)c1ccccc1.NCC1(CC(=O)O)CCCCC1.NC[C@H](CCC(=O)O)c1ccc(Cl)cc1. The smallest absolute Gasteiger partial charge is 0.303 e. The summed E-state index contributed by atoms with van der Waals surface area (Å²) in [6.07, 6.45) is 17.4. The van der Waals surface area contributed by atoms with Gasteiger partial charge in [-0.3, -0.25) is 14.4 Å². The molecule has 0 saturated heterocycles. The minimum absolute atomic E-state index is 0.0793. The third kappa shape index (κ3) is 27.4. The maximum absolute atomic E-state index is 10.6. The van der Waals surface area contributed by atoms with E-state index in [-0.39, 0.29) is 48.7 Å². The van der Waals surface area contributed by atoms with E-state index in [4.69, 9.17) is 53.6 Å². The first-order chi connectivity index (χ1) is 38.0. The van der Waals surface area contributed by atoms with E-state index in [9.17, 15) is 14.4 Å². The first-order valence-corrected chi connectivity index (χ1v) is 29.3. The molecule has 2 aliphatic carbocycles. The van der Waals surface area contributed by atoms with Crippen molar-refractivity contribution in [1.82, 2.24) is 10.6 Å². The van der Waals surface area contributed by atoms with Crippen molar-refractivity contribution in [1.29, 1.82) is 0 Å². The predicted molar refractivity (Wildman–Crippen MR) is 325 cm³/mol. The summed E-state index contributed by atoms with van der Waals surface area (Å²) >= 11 is 7.57. The number of nitrogens with two attached hydrogens (primary N) is 3. The van der Waals surface area contributed by atoms with Gasteiger partial charge in [-0.1, -0.05) is 136 Å². The van der Waals surface area contributed by atoms with Gasteiger partial charge in [-0.15, -0.1) is 11.3 Å². The number of ether oxygens (including phenoxy) is 2. The fraction of sp³-hybridized carbons (Fsp3) is 0.484. The van der Waals surface area contributed by atoms with Crippen LogP contribution in [-0.4, -0.2) is 86.2 Å². The van der Waals surface area contributed by atoms with Crippen molar-refractivity contribution in [3.63, 3.8) is 0 Å². The van der Waals surface area contributed by atoms with Gasteiger partial charge in [-0.2, -0.15) is 0 Å². The zero-order valence-corrected chi connectivity index (χ0v) is 49.1. The Balaban J connectivity index is 0.000000266. The van der Waals surface area contributed by atoms with E-state index in [0.717, 1.165) is 94.4 Å². The molecule has 4 atom stereocenters. The summed E-state index contributed by atoms with van der Waals surface area (Å²) in [4.78, 5) is 32.7. The third-order valence-corrected chi connectivity index (χ3v) is 15.2. The van der Waals surface area contributed by atoms with Crippen LogP contribution in [0.25, 0.3) is 0 Å². The molecule has 1 heterocycles. The standard InChI is InChI=1S/C19H23NOS.C17H21NO.C11H14ClNO2.C9H17NO2.C8H17NO2/c1-20-12-11-16(14-17-8-5-13-22-17)21-19-10-4-7-15-6-2-3-9-18(15)19;1-14-8-6-7-11-16(14)19-17(12-13-18-2)15-9-4-3-5-10-15;12-10-4-1-8(2-5-10)9(7-13)3-6-11(14)15;10-7-9(6-8(11)12)4-2-1-3-5-9;1-6(2)3-7(5-9)4-8(10)11/h2-5,7-8,10,13,16,20H,6,9,11-12,14H2,1H3;3-11,17-18H,12-13H2,1-2H3;1-2,4-5,9H,3,6-7,13H2,(H,14,15);1-7,10H2,(H,11,12);6-7H,3-5,9H2,1-2H3,(H,10,11)/t;17-;9-;;7-/m.10.0/s1. The van der Waals surface area contributed by atoms with E-state index < -0.39 is 17.9 Å². The molecule has 7 rings (SSSR count). The molecule has 0 bridgehead atoms. The van der Waals surface area contributed by atoms with Crippen LogP contribution >= 0.6 is 22.9 Å². The number of para-hydroxylation sites is 1. The summed E-state index contributed by atoms with van der Waals surface area (Å²) in [7, 11) is 3.97. The Morgan fingerprint density at radius 2 is 1.35 bits per heavy atom. The molecule has 0 aliphatic heterocycles. The number of fused-ring (bicyclic) bond motifs is 1. The van der Waals surface area contributed by atoms with Crippen LogP contribution in [0, 0.1) is 24.2 Å². The van der Waals surface area contributed by atoms with Gasteiger partial charge in [0.1, 0.15) is 23.7 Å². The Morgan fingerprint density at radius 3 is 1.94 bits per heavy atom. The van der Waals surface area contributed by atoms with Crippen molar-refractivity contribution in [2.24, 2.45) is 34.5 Å². The van der Waals surface area contributed by atoms with Crippen molar-refractivity contribution < 1.29 is 39.2 Å². The summed E-state index contributed by atoms with van der Waals surface area (Å²) in [6.45, 7) is 9.60. The van der Waals surface area contributed by atoms with Crippen LogP contribution in [0.2, 0.25) is 5.02 Å². The second kappa shape index (κ2) is 38.9. The highest BCUT2D eigenvalue weighted by Crippen LogP contribution is 2.38. The number of carboxylic acids is 3. The van der Waals surface area contributed by atoms with Gasteiger partial charge >= 0.3 is 17.9 Å². The van der Waals surface area contributed by atoms with E-state index in [0.29, 0.717) is 37.0 Å². The second-order valence-electron chi connectivity index (χ2n) is 20.9. The van der Waals surface area contributed by atoms with Crippen LogP contribution in [0.4, 0.5) is 0 Å². The average Bonchev–Trinajstić information content (AvgIpc) is 3.99. The number of allylic oxidation sites excluding steroid dienone is 2. The van der Waals surface area contributed by atoms with Gasteiger partial charge in [-0.25, -0.2) is 0 Å². The van der Waals surface area contributed by atoms with E-state index in [1.807, 2.05) is 61.8 Å². The van der Waals surface area contributed by atoms with Crippen LogP contribution in [0.15, 0.2) is 127 Å². The number of rotatable bonds is 26. The molecule has 79 heavy (non-hydrogen) atoms. The number of nitrogens with one attached hydrogen (secondary N) is 2. The summed E-state index contributed by atoms with van der Waals surface area (Å²) in [5.41, 5.74) is 22.8. The monoisotopic (exact) mass is 1130 g/mol. The molecule has 1 fully saturated rings. The maximum Gasteiger partial charge on any atom is 0.303 e. The molecule has 0 amide bonds. The normalized spacial score (nSPS) is 14.6.